The molecule has 192 valence electrons. The number of nitrogens with one attached hydrogen (secondary N) is 2. The molecule has 0 saturated carbocycles. The third-order valence-electron chi connectivity index (χ3n) is 6.12. The van der Waals surface area contributed by atoms with Crippen molar-refractivity contribution < 1.29 is 18.7 Å². The molecule has 0 aliphatic heterocycles. The Morgan fingerprint density at radius 1 is 1.05 bits per heavy atom. The summed E-state index contributed by atoms with van der Waals surface area (Å²) in [5.41, 5.74) is 4.63. The summed E-state index contributed by atoms with van der Waals surface area (Å²) in [6.45, 7) is 1.95. The Morgan fingerprint density at radius 2 is 1.87 bits per heavy atom. The lowest BCUT2D eigenvalue weighted by Gasteiger charge is -2.14. The van der Waals surface area contributed by atoms with Crippen LogP contribution in [0.5, 0.6) is 17.2 Å². The van der Waals surface area contributed by atoms with Gasteiger partial charge in [-0.2, -0.15) is 0 Å². The van der Waals surface area contributed by atoms with Crippen molar-refractivity contribution in [3.63, 3.8) is 0 Å². The van der Waals surface area contributed by atoms with Crippen molar-refractivity contribution in [3.8, 4) is 28.4 Å². The van der Waals surface area contributed by atoms with Gasteiger partial charge >= 0.3 is 0 Å². The molecule has 0 atom stereocenters. The average Bonchev–Trinajstić information content (AvgIpc) is 3.22. The number of benzene rings is 2. The number of aromatic nitrogens is 4. The van der Waals surface area contributed by atoms with Gasteiger partial charge in [0.25, 0.3) is 5.91 Å². The molecule has 0 spiro atoms. The summed E-state index contributed by atoms with van der Waals surface area (Å²) in [6, 6.07) is 13.8. The number of methoxy groups -OCH3 is 1. The number of amides is 1. The number of fused-ring (bicyclic) bond motifs is 1. The molecule has 0 aliphatic carbocycles. The molecule has 0 aliphatic rings. The zero-order chi connectivity index (χ0) is 26.8. The van der Waals surface area contributed by atoms with Crippen LogP contribution in [0.4, 0.5) is 16.0 Å². The maximum absolute atomic E-state index is 15.0. The van der Waals surface area contributed by atoms with E-state index in [9.17, 15) is 4.79 Å². The molecule has 9 nitrogen and oxygen atoms in total. The topological polar surface area (TPSA) is 103 Å². The van der Waals surface area contributed by atoms with Gasteiger partial charge in [0.05, 0.1) is 23.8 Å². The van der Waals surface area contributed by atoms with Gasteiger partial charge in [-0.3, -0.25) is 14.8 Å². The fraction of sp³-hybridized carbons (Fsp3) is 0.143. The van der Waals surface area contributed by atoms with Crippen molar-refractivity contribution in [2.45, 2.75) is 6.92 Å². The first-order valence-electron chi connectivity index (χ1n) is 11.8. The smallest absolute Gasteiger partial charge is 0.269 e. The average molecular weight is 513 g/mol. The van der Waals surface area contributed by atoms with E-state index in [4.69, 9.17) is 14.5 Å². The van der Waals surface area contributed by atoms with Gasteiger partial charge in [-0.05, 0) is 54.4 Å². The summed E-state index contributed by atoms with van der Waals surface area (Å²) >= 11 is 0. The Morgan fingerprint density at radius 3 is 2.63 bits per heavy atom. The van der Waals surface area contributed by atoms with E-state index in [0.29, 0.717) is 34.2 Å². The molecule has 0 bridgehead atoms. The molecule has 3 heterocycles. The van der Waals surface area contributed by atoms with Crippen LogP contribution < -0.4 is 20.1 Å². The van der Waals surface area contributed by atoms with E-state index in [1.807, 2.05) is 36.7 Å². The molecule has 0 unspecified atom stereocenters. The Kier molecular flexibility index (Phi) is 6.61. The maximum Gasteiger partial charge on any atom is 0.269 e. The number of hydrogen-bond donors (Lipinski definition) is 2. The summed E-state index contributed by atoms with van der Waals surface area (Å²) in [7, 11) is 4.82. The van der Waals surface area contributed by atoms with E-state index in [1.54, 1.807) is 36.7 Å². The quantitative estimate of drug-likeness (QED) is 0.302. The van der Waals surface area contributed by atoms with Crippen LogP contribution in [-0.4, -0.2) is 39.6 Å². The second kappa shape index (κ2) is 10.2. The second-order valence-electron chi connectivity index (χ2n) is 8.56. The van der Waals surface area contributed by atoms with Crippen molar-refractivity contribution in [2.75, 3.05) is 19.5 Å². The monoisotopic (exact) mass is 512 g/mol. The van der Waals surface area contributed by atoms with E-state index < -0.39 is 5.82 Å². The Balaban J connectivity index is 1.48. The van der Waals surface area contributed by atoms with Crippen molar-refractivity contribution in [1.29, 1.82) is 0 Å². The van der Waals surface area contributed by atoms with Crippen LogP contribution in [0, 0.1) is 12.7 Å². The van der Waals surface area contributed by atoms with Crippen molar-refractivity contribution >= 4 is 28.6 Å². The molecule has 1 amide bonds. The van der Waals surface area contributed by atoms with Gasteiger partial charge in [-0.15, -0.1) is 0 Å². The van der Waals surface area contributed by atoms with E-state index >= 15 is 4.39 Å². The fourth-order valence-corrected chi connectivity index (χ4v) is 4.15. The highest BCUT2D eigenvalue weighted by molar-refractivity contribution is 5.92. The number of carbonyl (C=O) groups is 1. The first kappa shape index (κ1) is 24.7. The summed E-state index contributed by atoms with van der Waals surface area (Å²) in [6.07, 6.45) is 4.91. The van der Waals surface area contributed by atoms with Gasteiger partial charge in [0.1, 0.15) is 17.2 Å². The standard InChI is InChI=1S/C28H25FN6O3/c1-16-7-9-31-15-20(16)17-11-21(29)26(37-4)23(12-17)34-28-33-22-13-18(5-6-25(22)35(28)3)38-19-8-10-32-24(14-19)27(36)30-2/h5-15H,1-4H3,(H,30,36)(H,33,34). The van der Waals surface area contributed by atoms with Gasteiger partial charge in [0, 0.05) is 50.4 Å². The van der Waals surface area contributed by atoms with Crippen LogP contribution in [0.2, 0.25) is 0 Å². The van der Waals surface area contributed by atoms with Crippen molar-refractivity contribution in [2.24, 2.45) is 7.05 Å². The van der Waals surface area contributed by atoms with Crippen LogP contribution in [0.1, 0.15) is 16.1 Å². The summed E-state index contributed by atoms with van der Waals surface area (Å²) < 4.78 is 28.2. The van der Waals surface area contributed by atoms with E-state index in [0.717, 1.165) is 16.6 Å². The van der Waals surface area contributed by atoms with Gasteiger partial charge in [0.15, 0.2) is 11.6 Å². The number of halogens is 1. The third-order valence-corrected chi connectivity index (χ3v) is 6.12. The minimum Gasteiger partial charge on any atom is -0.492 e. The van der Waals surface area contributed by atoms with Crippen molar-refractivity contribution in [3.05, 3.63) is 84.2 Å². The van der Waals surface area contributed by atoms with Crippen LogP contribution >= 0.6 is 0 Å². The highest BCUT2D eigenvalue weighted by Crippen LogP contribution is 2.37. The van der Waals surface area contributed by atoms with Crippen molar-refractivity contribution in [1.82, 2.24) is 24.8 Å². The maximum atomic E-state index is 15.0. The molecule has 10 heteroatoms. The first-order valence-corrected chi connectivity index (χ1v) is 11.8. The van der Waals surface area contributed by atoms with E-state index in [2.05, 4.69) is 20.6 Å². The van der Waals surface area contributed by atoms with Gasteiger partial charge in [0.2, 0.25) is 5.95 Å². The molecule has 5 aromatic rings. The molecule has 0 radical (unpaired) electrons. The molecule has 2 aromatic carbocycles. The summed E-state index contributed by atoms with van der Waals surface area (Å²) in [4.78, 5) is 24.8. The number of carbonyl (C=O) groups excluding carboxylic acids is 1. The minimum absolute atomic E-state index is 0.0796. The normalized spacial score (nSPS) is 10.9. The molecule has 5 rings (SSSR count). The van der Waals surface area contributed by atoms with E-state index in [-0.39, 0.29) is 17.4 Å². The Labute approximate surface area is 218 Å². The molecule has 0 fully saturated rings. The molecule has 38 heavy (non-hydrogen) atoms. The Hall–Kier alpha value is -4.99. The highest BCUT2D eigenvalue weighted by atomic mass is 19.1. The molecular weight excluding hydrogens is 487 g/mol. The van der Waals surface area contributed by atoms with Gasteiger partial charge < -0.3 is 24.7 Å². The largest absolute Gasteiger partial charge is 0.492 e. The zero-order valence-electron chi connectivity index (χ0n) is 21.2. The molecule has 2 N–H and O–H groups in total. The van der Waals surface area contributed by atoms with Crippen LogP contribution in [0.25, 0.3) is 22.2 Å². The second-order valence-corrected chi connectivity index (χ2v) is 8.56. The predicted molar refractivity (Wildman–Crippen MR) is 143 cm³/mol. The predicted octanol–water partition coefficient (Wildman–Crippen LogP) is 5.38. The number of pyridine rings is 2. The number of anilines is 2. The lowest BCUT2D eigenvalue weighted by atomic mass is 10.0. The van der Waals surface area contributed by atoms with E-state index in [1.165, 1.54) is 26.4 Å². The fourth-order valence-electron chi connectivity index (χ4n) is 4.15. The van der Waals surface area contributed by atoms with Crippen LogP contribution in [0.15, 0.2) is 67.1 Å². The third kappa shape index (κ3) is 4.71. The van der Waals surface area contributed by atoms with Gasteiger partial charge in [-0.25, -0.2) is 9.37 Å². The molecule has 0 saturated heterocycles. The van der Waals surface area contributed by atoms with Crippen LogP contribution in [-0.2, 0) is 7.05 Å². The lowest BCUT2D eigenvalue weighted by Crippen LogP contribution is -2.18. The number of ether oxygens (including phenoxy) is 2. The number of nitrogens with zero attached hydrogens (tertiary/aromatic N) is 4. The lowest BCUT2D eigenvalue weighted by molar-refractivity contribution is 0.0958. The Bertz CT molecular complexity index is 1670. The van der Waals surface area contributed by atoms with Gasteiger partial charge in [-0.1, -0.05) is 0 Å². The highest BCUT2D eigenvalue weighted by Gasteiger charge is 2.17. The summed E-state index contributed by atoms with van der Waals surface area (Å²) in [5.74, 6) is 0.764. The van der Waals surface area contributed by atoms with Crippen LogP contribution in [0.3, 0.4) is 0 Å². The number of aryl methyl sites for hydroxylation is 2. The number of imidazole rings is 1. The summed E-state index contributed by atoms with van der Waals surface area (Å²) in [5, 5.41) is 5.76. The minimum atomic E-state index is -0.501. The number of rotatable bonds is 7. The molecule has 3 aromatic heterocycles. The first-order chi connectivity index (χ1) is 18.4. The SMILES string of the molecule is CNC(=O)c1cc(Oc2ccc3c(c2)nc(Nc2cc(-c4cnccc4C)cc(F)c2OC)n3C)ccn1. The number of hydrogen-bond acceptors (Lipinski definition) is 7. The molecular formula is C28H25FN6O3. The zero-order valence-corrected chi connectivity index (χ0v) is 21.2.